The number of unbranched alkanes of at least 4 members (excludes halogenated alkanes) is 1. The van der Waals surface area contributed by atoms with Crippen molar-refractivity contribution >= 4 is 21.8 Å². The van der Waals surface area contributed by atoms with Crippen LogP contribution in [0.2, 0.25) is 0 Å². The Balaban J connectivity index is 1.87. The highest BCUT2D eigenvalue weighted by Crippen LogP contribution is 2.37. The van der Waals surface area contributed by atoms with Gasteiger partial charge in [0.1, 0.15) is 0 Å². The van der Waals surface area contributed by atoms with E-state index in [4.69, 9.17) is 0 Å². The van der Waals surface area contributed by atoms with Gasteiger partial charge < -0.3 is 9.97 Å². The lowest BCUT2D eigenvalue weighted by molar-refractivity contribution is 0.656. The third-order valence-corrected chi connectivity index (χ3v) is 4.84. The normalized spacial score (nSPS) is 11.7. The van der Waals surface area contributed by atoms with Gasteiger partial charge in [-0.05, 0) is 29.7 Å². The molecule has 0 aliphatic rings. The molecule has 0 radical (unpaired) electrons. The lowest BCUT2D eigenvalue weighted by Gasteiger charge is -2.16. The van der Waals surface area contributed by atoms with Crippen LogP contribution in [0, 0.1) is 0 Å². The lowest BCUT2D eigenvalue weighted by atomic mass is 9.86. The summed E-state index contributed by atoms with van der Waals surface area (Å²) >= 11 is 0. The van der Waals surface area contributed by atoms with Gasteiger partial charge in [-0.1, -0.05) is 56.2 Å². The molecule has 23 heavy (non-hydrogen) atoms. The molecule has 0 fully saturated rings. The minimum Gasteiger partial charge on any atom is -0.361 e. The first-order valence-electron chi connectivity index (χ1n) is 8.50. The fourth-order valence-electron chi connectivity index (χ4n) is 3.65. The first kappa shape index (κ1) is 14.1. The van der Waals surface area contributed by atoms with Crippen LogP contribution < -0.4 is 0 Å². The molecule has 2 nitrogen and oxygen atoms in total. The Bertz CT molecular complexity index is 855. The van der Waals surface area contributed by atoms with E-state index in [0.29, 0.717) is 5.92 Å². The van der Waals surface area contributed by atoms with Crippen LogP contribution >= 0.6 is 0 Å². The van der Waals surface area contributed by atoms with Crippen LogP contribution in [0.25, 0.3) is 21.8 Å². The van der Waals surface area contributed by atoms with Crippen molar-refractivity contribution in [3.63, 3.8) is 0 Å². The fraction of sp³-hybridized carbons (Fsp3) is 0.238. The van der Waals surface area contributed by atoms with Gasteiger partial charge in [0.05, 0.1) is 0 Å². The van der Waals surface area contributed by atoms with Crippen LogP contribution in [-0.4, -0.2) is 9.97 Å². The first-order valence-corrected chi connectivity index (χ1v) is 8.50. The quantitative estimate of drug-likeness (QED) is 0.455. The Hall–Kier alpha value is -2.48. The number of fused-ring (bicyclic) bond motifs is 2. The monoisotopic (exact) mass is 302 g/mol. The summed E-state index contributed by atoms with van der Waals surface area (Å²) in [5.74, 6) is 0.433. The van der Waals surface area contributed by atoms with Gasteiger partial charge in [0, 0.05) is 40.1 Å². The zero-order valence-electron chi connectivity index (χ0n) is 13.5. The number of H-pyrrole nitrogens is 2. The Labute approximate surface area is 136 Å². The number of benzene rings is 2. The molecular weight excluding hydrogens is 280 g/mol. The van der Waals surface area contributed by atoms with Crippen LogP contribution in [0.15, 0.2) is 60.9 Å². The maximum atomic E-state index is 3.44. The van der Waals surface area contributed by atoms with E-state index in [9.17, 15) is 0 Å². The predicted molar refractivity (Wildman–Crippen MR) is 98.0 cm³/mol. The van der Waals surface area contributed by atoms with Gasteiger partial charge in [-0.25, -0.2) is 0 Å². The fourth-order valence-corrected chi connectivity index (χ4v) is 3.65. The van der Waals surface area contributed by atoms with Crippen molar-refractivity contribution in [2.75, 3.05) is 0 Å². The Morgan fingerprint density at radius 1 is 0.783 bits per heavy atom. The molecule has 0 saturated carbocycles. The molecule has 0 amide bonds. The van der Waals surface area contributed by atoms with Crippen LogP contribution in [0.5, 0.6) is 0 Å². The molecule has 4 rings (SSSR count). The average molecular weight is 302 g/mol. The van der Waals surface area contributed by atoms with E-state index < -0.39 is 0 Å². The van der Waals surface area contributed by atoms with Crippen molar-refractivity contribution < 1.29 is 0 Å². The first-order chi connectivity index (χ1) is 11.4. The zero-order valence-corrected chi connectivity index (χ0v) is 13.5. The number of aromatic nitrogens is 2. The Morgan fingerprint density at radius 3 is 1.83 bits per heavy atom. The third-order valence-electron chi connectivity index (χ3n) is 4.84. The summed E-state index contributed by atoms with van der Waals surface area (Å²) in [6.07, 6.45) is 8.05. The number of hydrogen-bond donors (Lipinski definition) is 2. The van der Waals surface area contributed by atoms with Crippen molar-refractivity contribution in [2.45, 2.75) is 32.1 Å². The second kappa shape index (κ2) is 5.96. The molecule has 0 unspecified atom stereocenters. The molecule has 0 spiro atoms. The van der Waals surface area contributed by atoms with E-state index >= 15 is 0 Å². The average Bonchev–Trinajstić information content (AvgIpc) is 3.21. The van der Waals surface area contributed by atoms with E-state index in [2.05, 4.69) is 77.8 Å². The minimum absolute atomic E-state index is 0.433. The SMILES string of the molecule is CCCCC(c1c[nH]c2ccccc12)c1c[nH]c2ccccc12. The summed E-state index contributed by atoms with van der Waals surface area (Å²) in [6.45, 7) is 2.27. The maximum absolute atomic E-state index is 3.44. The smallest absolute Gasteiger partial charge is 0.0457 e. The van der Waals surface area contributed by atoms with Gasteiger partial charge >= 0.3 is 0 Å². The summed E-state index contributed by atoms with van der Waals surface area (Å²) in [5.41, 5.74) is 5.28. The topological polar surface area (TPSA) is 31.6 Å². The summed E-state index contributed by atoms with van der Waals surface area (Å²) < 4.78 is 0. The summed E-state index contributed by atoms with van der Waals surface area (Å²) in [4.78, 5) is 6.89. The minimum atomic E-state index is 0.433. The van der Waals surface area contributed by atoms with Gasteiger partial charge in [-0.3, -0.25) is 0 Å². The van der Waals surface area contributed by atoms with Gasteiger partial charge in [-0.2, -0.15) is 0 Å². The molecule has 2 heterocycles. The molecular formula is C21H22N2. The van der Waals surface area contributed by atoms with Gasteiger partial charge in [0.2, 0.25) is 0 Å². The van der Waals surface area contributed by atoms with Crippen LogP contribution in [-0.2, 0) is 0 Å². The molecule has 0 atom stereocenters. The number of rotatable bonds is 5. The van der Waals surface area contributed by atoms with Crippen molar-refractivity contribution in [1.29, 1.82) is 0 Å². The number of aromatic amines is 2. The number of nitrogens with one attached hydrogen (secondary N) is 2. The van der Waals surface area contributed by atoms with E-state index in [0.717, 1.165) is 0 Å². The largest absolute Gasteiger partial charge is 0.361 e. The third kappa shape index (κ3) is 2.44. The number of hydrogen-bond acceptors (Lipinski definition) is 0. The van der Waals surface area contributed by atoms with E-state index in [1.165, 1.54) is 52.2 Å². The summed E-state index contributed by atoms with van der Waals surface area (Å²) in [7, 11) is 0. The van der Waals surface area contributed by atoms with Crippen molar-refractivity contribution in [1.82, 2.24) is 9.97 Å². The molecule has 116 valence electrons. The molecule has 2 N–H and O–H groups in total. The Kier molecular flexibility index (Phi) is 3.66. The second-order valence-corrected chi connectivity index (χ2v) is 6.27. The van der Waals surface area contributed by atoms with E-state index in [1.807, 2.05) is 0 Å². The zero-order chi connectivity index (χ0) is 15.6. The van der Waals surface area contributed by atoms with E-state index in [-0.39, 0.29) is 0 Å². The van der Waals surface area contributed by atoms with Gasteiger partial charge in [-0.15, -0.1) is 0 Å². The predicted octanol–water partition coefficient (Wildman–Crippen LogP) is 5.97. The molecule has 0 saturated heterocycles. The van der Waals surface area contributed by atoms with Gasteiger partial charge in [0.25, 0.3) is 0 Å². The summed E-state index contributed by atoms with van der Waals surface area (Å²) in [5, 5.41) is 2.69. The molecule has 0 bridgehead atoms. The highest BCUT2D eigenvalue weighted by molar-refractivity contribution is 5.88. The maximum Gasteiger partial charge on any atom is 0.0457 e. The highest BCUT2D eigenvalue weighted by Gasteiger charge is 2.20. The second-order valence-electron chi connectivity index (χ2n) is 6.27. The lowest BCUT2D eigenvalue weighted by Crippen LogP contribution is -2.00. The standard InChI is InChI=1S/C21H22N2/c1-2-3-8-15(18-13-22-20-11-6-4-9-16(18)20)19-14-23-21-12-7-5-10-17(19)21/h4-7,9-15,22-23H,2-3,8H2,1H3. The van der Waals surface area contributed by atoms with Crippen molar-refractivity contribution in [3.05, 3.63) is 72.1 Å². The molecule has 0 aliphatic heterocycles. The van der Waals surface area contributed by atoms with Crippen molar-refractivity contribution in [3.8, 4) is 0 Å². The molecule has 2 aromatic heterocycles. The Morgan fingerprint density at radius 2 is 1.30 bits per heavy atom. The molecule has 0 aliphatic carbocycles. The van der Waals surface area contributed by atoms with E-state index in [1.54, 1.807) is 0 Å². The van der Waals surface area contributed by atoms with Crippen LogP contribution in [0.1, 0.15) is 43.2 Å². The van der Waals surface area contributed by atoms with Gasteiger partial charge in [0.15, 0.2) is 0 Å². The van der Waals surface area contributed by atoms with Crippen LogP contribution in [0.4, 0.5) is 0 Å². The summed E-state index contributed by atoms with van der Waals surface area (Å²) in [6, 6.07) is 17.2. The number of para-hydroxylation sites is 2. The highest BCUT2D eigenvalue weighted by atomic mass is 14.7. The molecule has 2 heteroatoms. The molecule has 4 aromatic rings. The van der Waals surface area contributed by atoms with Crippen molar-refractivity contribution in [2.24, 2.45) is 0 Å². The van der Waals surface area contributed by atoms with Crippen LogP contribution in [0.3, 0.4) is 0 Å². The molecule has 2 aromatic carbocycles.